The lowest BCUT2D eigenvalue weighted by molar-refractivity contribution is -0.138. The topological polar surface area (TPSA) is 49.4 Å². The Labute approximate surface area is 184 Å². The molecule has 4 nitrogen and oxygen atoms in total. The van der Waals surface area contributed by atoms with Gasteiger partial charge in [-0.1, -0.05) is 47.5 Å². The molecule has 0 bridgehead atoms. The average molecular weight is 457 g/mol. The third-order valence-electron chi connectivity index (χ3n) is 4.32. The van der Waals surface area contributed by atoms with Crippen molar-refractivity contribution >= 4 is 46.8 Å². The molecule has 0 radical (unpaired) electrons. The predicted molar refractivity (Wildman–Crippen MR) is 118 cm³/mol. The standard InChI is InChI=1S/C21H23Cl2FN2O2S/c1-3-25-21(28)14(2)26(11-15-6-4-5-7-19(15)24)20(27)13-29-12-16-8-9-17(22)10-18(16)23/h4-10,14H,3,11-13H2,1-2H3,(H,25,28)/t14-/m1/s1. The summed E-state index contributed by atoms with van der Waals surface area (Å²) in [6.45, 7) is 3.92. The van der Waals surface area contributed by atoms with E-state index in [9.17, 15) is 14.0 Å². The van der Waals surface area contributed by atoms with Crippen molar-refractivity contribution in [3.63, 3.8) is 0 Å². The number of nitrogens with one attached hydrogen (secondary N) is 1. The average Bonchev–Trinajstić information content (AvgIpc) is 2.68. The molecule has 156 valence electrons. The fraction of sp³-hybridized carbons (Fsp3) is 0.333. The first kappa shape index (κ1) is 23.5. The van der Waals surface area contributed by atoms with Crippen LogP contribution < -0.4 is 5.32 Å². The molecule has 2 aromatic carbocycles. The summed E-state index contributed by atoms with van der Waals surface area (Å²) in [4.78, 5) is 26.6. The Bertz CT molecular complexity index is 866. The van der Waals surface area contributed by atoms with Gasteiger partial charge in [0.25, 0.3) is 0 Å². The SMILES string of the molecule is CCNC(=O)[C@@H](C)N(Cc1ccccc1F)C(=O)CSCc1ccc(Cl)cc1Cl. The second-order valence-electron chi connectivity index (χ2n) is 6.41. The van der Waals surface area contributed by atoms with Crippen LogP contribution in [0.25, 0.3) is 0 Å². The smallest absolute Gasteiger partial charge is 0.242 e. The molecule has 0 aliphatic rings. The van der Waals surface area contributed by atoms with Gasteiger partial charge in [0.2, 0.25) is 11.8 Å². The maximum absolute atomic E-state index is 14.1. The highest BCUT2D eigenvalue weighted by Crippen LogP contribution is 2.25. The number of carbonyl (C=O) groups is 2. The minimum atomic E-state index is -0.721. The van der Waals surface area contributed by atoms with E-state index in [0.717, 1.165) is 5.56 Å². The van der Waals surface area contributed by atoms with Crippen molar-refractivity contribution in [1.29, 1.82) is 0 Å². The van der Waals surface area contributed by atoms with Crippen LogP contribution in [-0.4, -0.2) is 35.1 Å². The van der Waals surface area contributed by atoms with Crippen LogP contribution >= 0.6 is 35.0 Å². The third-order valence-corrected chi connectivity index (χ3v) is 5.87. The predicted octanol–water partition coefficient (Wildman–Crippen LogP) is 4.92. The molecule has 1 atom stereocenters. The molecular formula is C21H23Cl2FN2O2S. The number of nitrogens with zero attached hydrogens (tertiary/aromatic N) is 1. The van der Waals surface area contributed by atoms with Crippen molar-refractivity contribution < 1.29 is 14.0 Å². The summed E-state index contributed by atoms with van der Waals surface area (Å²) in [5.41, 5.74) is 1.23. The largest absolute Gasteiger partial charge is 0.355 e. The number of hydrogen-bond acceptors (Lipinski definition) is 3. The molecular weight excluding hydrogens is 434 g/mol. The molecule has 8 heteroatoms. The zero-order valence-electron chi connectivity index (χ0n) is 16.3. The maximum atomic E-state index is 14.1. The number of hydrogen-bond donors (Lipinski definition) is 1. The molecule has 1 N–H and O–H groups in total. The van der Waals surface area contributed by atoms with Crippen molar-refractivity contribution in [2.24, 2.45) is 0 Å². The van der Waals surface area contributed by atoms with Crippen LogP contribution in [-0.2, 0) is 21.9 Å². The summed E-state index contributed by atoms with van der Waals surface area (Å²) < 4.78 is 14.1. The zero-order chi connectivity index (χ0) is 21.4. The highest BCUT2D eigenvalue weighted by molar-refractivity contribution is 7.99. The van der Waals surface area contributed by atoms with Gasteiger partial charge in [-0.15, -0.1) is 11.8 Å². The number of amides is 2. The molecule has 0 aromatic heterocycles. The van der Waals surface area contributed by atoms with Crippen LogP contribution in [0.1, 0.15) is 25.0 Å². The zero-order valence-corrected chi connectivity index (χ0v) is 18.6. The van der Waals surface area contributed by atoms with Crippen LogP contribution in [0.15, 0.2) is 42.5 Å². The minimum absolute atomic E-state index is 0.0199. The second kappa shape index (κ2) is 11.4. The van der Waals surface area contributed by atoms with Gasteiger partial charge in [-0.2, -0.15) is 0 Å². The Balaban J connectivity index is 2.08. The van der Waals surface area contributed by atoms with Gasteiger partial charge >= 0.3 is 0 Å². The van der Waals surface area contributed by atoms with E-state index in [2.05, 4.69) is 5.32 Å². The Morgan fingerprint density at radius 1 is 1.17 bits per heavy atom. The van der Waals surface area contributed by atoms with Gasteiger partial charge in [0.05, 0.1) is 5.75 Å². The van der Waals surface area contributed by atoms with Gasteiger partial charge in [-0.3, -0.25) is 9.59 Å². The van der Waals surface area contributed by atoms with Gasteiger partial charge in [-0.05, 0) is 37.6 Å². The maximum Gasteiger partial charge on any atom is 0.242 e. The van der Waals surface area contributed by atoms with E-state index in [4.69, 9.17) is 23.2 Å². The molecule has 29 heavy (non-hydrogen) atoms. The van der Waals surface area contributed by atoms with Crippen molar-refractivity contribution in [2.75, 3.05) is 12.3 Å². The summed E-state index contributed by atoms with van der Waals surface area (Å²) in [7, 11) is 0. The Morgan fingerprint density at radius 2 is 1.90 bits per heavy atom. The summed E-state index contributed by atoms with van der Waals surface area (Å²) >= 11 is 13.4. The molecule has 0 spiro atoms. The molecule has 0 aliphatic carbocycles. The van der Waals surface area contributed by atoms with E-state index in [-0.39, 0.29) is 24.1 Å². The van der Waals surface area contributed by atoms with E-state index in [1.165, 1.54) is 22.7 Å². The molecule has 2 amide bonds. The molecule has 0 unspecified atom stereocenters. The molecule has 0 saturated carbocycles. The van der Waals surface area contributed by atoms with Crippen molar-refractivity contribution in [1.82, 2.24) is 10.2 Å². The summed E-state index contributed by atoms with van der Waals surface area (Å²) in [6.07, 6.45) is 0. The fourth-order valence-electron chi connectivity index (χ4n) is 2.68. The van der Waals surface area contributed by atoms with Gasteiger partial charge < -0.3 is 10.2 Å². The molecule has 0 fully saturated rings. The summed E-state index contributed by atoms with van der Waals surface area (Å²) in [5, 5.41) is 3.80. The number of benzene rings is 2. The lowest BCUT2D eigenvalue weighted by Gasteiger charge is -2.28. The van der Waals surface area contributed by atoms with Crippen LogP contribution in [0.2, 0.25) is 10.0 Å². The van der Waals surface area contributed by atoms with Crippen LogP contribution in [0.5, 0.6) is 0 Å². The number of rotatable bonds is 9. The normalized spacial score (nSPS) is 11.8. The number of thioether (sulfide) groups is 1. The highest BCUT2D eigenvalue weighted by atomic mass is 35.5. The van der Waals surface area contributed by atoms with E-state index >= 15 is 0 Å². The quantitative estimate of drug-likeness (QED) is 0.582. The second-order valence-corrected chi connectivity index (χ2v) is 8.24. The fourth-order valence-corrected chi connectivity index (χ4v) is 4.15. The van der Waals surface area contributed by atoms with Gasteiger partial charge in [-0.25, -0.2) is 4.39 Å². The van der Waals surface area contributed by atoms with Gasteiger partial charge in [0, 0.05) is 34.5 Å². The lowest BCUT2D eigenvalue weighted by atomic mass is 10.1. The van der Waals surface area contributed by atoms with Crippen LogP contribution in [0, 0.1) is 5.82 Å². The van der Waals surface area contributed by atoms with Crippen LogP contribution in [0.4, 0.5) is 4.39 Å². The first-order valence-corrected chi connectivity index (χ1v) is 11.1. The number of carbonyl (C=O) groups excluding carboxylic acids is 2. The van der Waals surface area contributed by atoms with E-state index < -0.39 is 11.9 Å². The third kappa shape index (κ3) is 6.91. The monoisotopic (exact) mass is 456 g/mol. The Kier molecular flexibility index (Phi) is 9.27. The summed E-state index contributed by atoms with van der Waals surface area (Å²) in [6, 6.07) is 10.7. The lowest BCUT2D eigenvalue weighted by Crippen LogP contribution is -2.48. The van der Waals surface area contributed by atoms with Gasteiger partial charge in [0.15, 0.2) is 0 Å². The minimum Gasteiger partial charge on any atom is -0.355 e. The van der Waals surface area contributed by atoms with E-state index in [1.54, 1.807) is 44.2 Å². The van der Waals surface area contributed by atoms with Crippen molar-refractivity contribution in [2.45, 2.75) is 32.2 Å². The van der Waals surface area contributed by atoms with Gasteiger partial charge in [0.1, 0.15) is 11.9 Å². The molecule has 0 aliphatic heterocycles. The van der Waals surface area contributed by atoms with E-state index in [0.29, 0.717) is 27.9 Å². The van der Waals surface area contributed by atoms with Crippen LogP contribution in [0.3, 0.4) is 0 Å². The molecule has 2 rings (SSSR count). The van der Waals surface area contributed by atoms with E-state index in [1.807, 2.05) is 6.07 Å². The molecule has 0 heterocycles. The highest BCUT2D eigenvalue weighted by Gasteiger charge is 2.26. The van der Waals surface area contributed by atoms with Crippen molar-refractivity contribution in [3.05, 3.63) is 69.5 Å². The Morgan fingerprint density at radius 3 is 2.55 bits per heavy atom. The number of likely N-dealkylation sites (N-methyl/N-ethyl adjacent to an activating group) is 1. The summed E-state index contributed by atoms with van der Waals surface area (Å²) in [5.74, 6) is -0.277. The van der Waals surface area contributed by atoms with Crippen molar-refractivity contribution in [3.8, 4) is 0 Å². The first-order chi connectivity index (χ1) is 13.8. The Hall–Kier alpha value is -1.76. The molecule has 0 saturated heterocycles. The number of halogens is 3. The molecule has 2 aromatic rings. The first-order valence-electron chi connectivity index (χ1n) is 9.15.